The highest BCUT2D eigenvalue weighted by molar-refractivity contribution is 7.99. The summed E-state index contributed by atoms with van der Waals surface area (Å²) in [7, 11) is 0. The van der Waals surface area contributed by atoms with Gasteiger partial charge in [-0.1, -0.05) is 226 Å². The number of nitrogens with one attached hydrogen (secondary N) is 13. The molecule has 50 heteroatoms. The minimum Gasteiger partial charge on any atom is -0.481 e. The zero-order chi connectivity index (χ0) is 112. The van der Waals surface area contributed by atoms with E-state index in [1.54, 1.807) is 37.3 Å². The second kappa shape index (κ2) is 82.5. The molecule has 0 unspecified atom stereocenters. The number of carboxylic acid groups (broad SMARTS) is 4. The van der Waals surface area contributed by atoms with E-state index >= 15 is 0 Å². The molecule has 0 spiro atoms. The first-order chi connectivity index (χ1) is 71.0. The normalized spacial score (nSPS) is 14.0. The molecule has 0 aliphatic heterocycles. The molecule has 0 aliphatic rings. The average molecular weight is 2150 g/mol. The maximum atomic E-state index is 14.5. The summed E-state index contributed by atoms with van der Waals surface area (Å²) in [5.41, 5.74) is 34.3. The van der Waals surface area contributed by atoms with Crippen LogP contribution in [0, 0.1) is 5.92 Å². The second-order valence-corrected chi connectivity index (χ2v) is 38.3. The van der Waals surface area contributed by atoms with Crippen LogP contribution in [-0.4, -0.2) is 297 Å². The molecule has 1 rings (SSSR count). The Morgan fingerprint density at radius 3 is 1.07 bits per heavy atom. The van der Waals surface area contributed by atoms with Crippen molar-refractivity contribution in [2.45, 2.75) is 402 Å². The molecule has 31 N–H and O–H groups in total. The molecular weight excluding hydrogens is 1980 g/mol. The third-order valence-electron chi connectivity index (χ3n) is 24.2. The van der Waals surface area contributed by atoms with Crippen molar-refractivity contribution in [3.8, 4) is 0 Å². The predicted molar refractivity (Wildman–Crippen MR) is 554 cm³/mol. The van der Waals surface area contributed by atoms with E-state index in [1.807, 2.05) is 21.3 Å². The number of unbranched alkanes of at least 4 members (excludes halogenated alkanes) is 26. The summed E-state index contributed by atoms with van der Waals surface area (Å²) < 4.78 is 11.4. The first kappa shape index (κ1) is 138. The van der Waals surface area contributed by atoms with Crippen molar-refractivity contribution in [2.75, 3.05) is 51.0 Å². The van der Waals surface area contributed by atoms with Crippen LogP contribution in [-0.2, 0) is 121 Å². The van der Waals surface area contributed by atoms with E-state index in [4.69, 9.17) is 43.9 Å². The summed E-state index contributed by atoms with van der Waals surface area (Å²) in [6.07, 6.45) is 21.2. The lowest BCUT2D eigenvalue weighted by Crippen LogP contribution is -2.62. The van der Waals surface area contributed by atoms with Gasteiger partial charge in [-0.2, -0.15) is 11.8 Å². The van der Waals surface area contributed by atoms with E-state index in [0.717, 1.165) is 69.5 Å². The maximum Gasteiger partial charge on any atom is 0.326 e. The maximum absolute atomic E-state index is 14.5. The molecule has 0 saturated carbocycles. The Labute approximate surface area is 882 Å². The van der Waals surface area contributed by atoms with Crippen molar-refractivity contribution in [1.29, 1.82) is 0 Å². The highest BCUT2D eigenvalue weighted by Gasteiger charge is 2.40. The van der Waals surface area contributed by atoms with Crippen LogP contribution in [0.2, 0.25) is 0 Å². The Bertz CT molecular complexity index is 4320. The van der Waals surface area contributed by atoms with Crippen LogP contribution in [0.5, 0.6) is 0 Å². The fraction of sp³-hybridized carbons (Fsp3) is 0.720. The van der Waals surface area contributed by atoms with Gasteiger partial charge in [0, 0.05) is 43.6 Å². The molecular formula is C100H171N19O30S. The van der Waals surface area contributed by atoms with Crippen molar-refractivity contribution < 1.29 is 146 Å². The van der Waals surface area contributed by atoms with Crippen LogP contribution in [0.1, 0.15) is 317 Å². The minimum absolute atomic E-state index is 0. The lowest BCUT2D eigenvalue weighted by Gasteiger charge is -2.29. The number of esters is 2. The number of primary amides is 3. The van der Waals surface area contributed by atoms with E-state index in [9.17, 15) is 136 Å². The zero-order valence-electron chi connectivity index (χ0n) is 86.7. The molecule has 0 aliphatic carbocycles. The number of nitrogens with two attached hydrogens (primary N) is 6. The van der Waals surface area contributed by atoms with Gasteiger partial charge >= 0.3 is 35.8 Å². The van der Waals surface area contributed by atoms with Crippen LogP contribution in [0.15, 0.2) is 30.3 Å². The molecule has 1 aromatic carbocycles. The summed E-state index contributed by atoms with van der Waals surface area (Å²) in [4.78, 5) is 294. The van der Waals surface area contributed by atoms with Crippen molar-refractivity contribution in [1.82, 2.24) is 69.1 Å². The fourth-order valence-corrected chi connectivity index (χ4v) is 16.4. The van der Waals surface area contributed by atoms with Crippen molar-refractivity contribution >= 4 is 142 Å². The van der Waals surface area contributed by atoms with Gasteiger partial charge in [0.1, 0.15) is 85.2 Å². The standard InChI is InChI=1S/C99H167N19O30S.CH4/c1-5-8-10-12-14-16-18-20-22-24-26-28-33-43-84(131)147-59-64(148-85(132)44-34-29-27-25-23-21-19-17-15-13-11-9-6-2)60-149-61-65(102)87(133)106-56-80(124)107-71(52-77(103)121)92(138)113-72(53-78(104)122)93(139)115-74(55-83(129)130)94(140)110-68(46-48-82(127)128)90(136)116-75(57-119)96(142)114-73(54-79(105)123)95(141)118-86(62(4)7-3)98(144)117-76(58-120)97(143)112-70(51-63-39-31-30-32-40-63)91(137)108-66(41-35-37-49-100)88(134)109-67(45-47-81(125)126)89(135)111-69(99(145)146)42-36-38-50-101;/h30-32,39-40,62,64-76,86,119-120H,5-29,33-38,41-61,100-102H2,1-4H3,(H2,103,121)(H2,104,122)(H2,105,123)(H,106,133)(H,107,124)(H,108,137)(H,109,134)(H,110,140)(H,111,135)(H,112,143)(H,113,138)(H,114,142)(H,115,139)(H,116,136)(H,117,144)(H,118,141)(H,125,126)(H,127,128)(H,129,130)(H,145,146);1H4/t62-,64+,65-,66-,67-,68-,69-,70-,71-,72-,73-,74-,75-,76-,86-;/m0./s1. The third-order valence-corrected chi connectivity index (χ3v) is 25.4. The third kappa shape index (κ3) is 64.3. The predicted octanol–water partition coefficient (Wildman–Crippen LogP) is 0.481. The van der Waals surface area contributed by atoms with Crippen molar-refractivity contribution in [3.05, 3.63) is 35.9 Å². The number of benzene rings is 1. The molecule has 150 heavy (non-hydrogen) atoms. The van der Waals surface area contributed by atoms with Crippen LogP contribution in [0.4, 0.5) is 0 Å². The first-order valence-electron chi connectivity index (χ1n) is 52.0. The fourth-order valence-electron chi connectivity index (χ4n) is 15.5. The van der Waals surface area contributed by atoms with E-state index in [-0.39, 0.29) is 90.0 Å². The second-order valence-electron chi connectivity index (χ2n) is 37.2. The lowest BCUT2D eigenvalue weighted by molar-refractivity contribution is -0.157. The van der Waals surface area contributed by atoms with E-state index < -0.39 is 292 Å². The molecule has 0 radical (unpaired) electrons. The number of rotatable bonds is 90. The molecule has 16 amide bonds. The molecule has 852 valence electrons. The van der Waals surface area contributed by atoms with Gasteiger partial charge in [0.2, 0.25) is 94.5 Å². The van der Waals surface area contributed by atoms with Gasteiger partial charge in [-0.15, -0.1) is 0 Å². The summed E-state index contributed by atoms with van der Waals surface area (Å²) in [6.45, 7) is 3.90. The molecule has 49 nitrogen and oxygen atoms in total. The van der Waals surface area contributed by atoms with Gasteiger partial charge in [-0.3, -0.25) is 101 Å². The van der Waals surface area contributed by atoms with E-state index in [0.29, 0.717) is 31.2 Å². The largest absolute Gasteiger partial charge is 0.481 e. The number of ether oxygens (including phenoxy) is 2. The Morgan fingerprint density at radius 1 is 0.347 bits per heavy atom. The number of amides is 16. The lowest BCUT2D eigenvalue weighted by atomic mass is 9.97. The topological polar surface area (TPSA) is 828 Å². The van der Waals surface area contributed by atoms with Crippen LogP contribution in [0.3, 0.4) is 0 Å². The van der Waals surface area contributed by atoms with Gasteiger partial charge in [-0.25, -0.2) is 4.79 Å². The van der Waals surface area contributed by atoms with E-state index in [1.165, 1.54) is 103 Å². The SMILES string of the molecule is C.CCCCCCCCCCCCCCCC(=O)OC[C@H](CSC[C@H](N)C(=O)NCC(=O)N[C@@H](CC(N)=O)C(=O)N[C@@H](CC(N)=O)C(=O)N[C@@H](CC(=O)O)C(=O)N[C@@H](CCC(=O)O)C(=O)N[C@@H](CO)C(=O)N[C@@H](CC(N)=O)C(=O)N[C@H](C(=O)N[C@@H](CO)C(=O)N[C@@H](Cc1ccccc1)C(=O)N[C@@H](CCCCN)C(=O)N[C@@H](CCC(=O)O)C(=O)N[C@@H](CCCCN)C(=O)O)[C@@H](C)CC)OC(=O)CCCCCCCCCCCCCCC. The molecule has 15 atom stereocenters. The number of thioether (sulfide) groups is 1. The molecule has 0 fully saturated rings. The summed E-state index contributed by atoms with van der Waals surface area (Å²) in [5.74, 6) is -28.9. The minimum atomic E-state index is -2.35. The Balaban J connectivity index is 0.000222. The first-order valence-corrected chi connectivity index (χ1v) is 53.1. The Kier molecular flexibility index (Phi) is 75.7. The van der Waals surface area contributed by atoms with Gasteiger partial charge in [-0.05, 0) is 88.8 Å². The molecule has 0 saturated heterocycles. The molecule has 1 aromatic rings. The monoisotopic (exact) mass is 2150 g/mol. The number of hydrogen-bond donors (Lipinski definition) is 25. The highest BCUT2D eigenvalue weighted by Crippen LogP contribution is 2.20. The van der Waals surface area contributed by atoms with Gasteiger partial charge < -0.3 is 144 Å². The summed E-state index contributed by atoms with van der Waals surface area (Å²) >= 11 is 1.08. The number of hydrogen-bond acceptors (Lipinski definition) is 30. The molecule has 0 bridgehead atoms. The Hall–Kier alpha value is -12.3. The van der Waals surface area contributed by atoms with Crippen molar-refractivity contribution in [2.24, 2.45) is 40.3 Å². The average Bonchev–Trinajstić information content (AvgIpc) is 0.841. The summed E-state index contributed by atoms with van der Waals surface area (Å²) in [6, 6.07) is -16.6. The quantitative estimate of drug-likeness (QED) is 0.0311. The highest BCUT2D eigenvalue weighted by atomic mass is 32.2. The van der Waals surface area contributed by atoms with Gasteiger partial charge in [0.05, 0.1) is 51.5 Å². The van der Waals surface area contributed by atoms with Gasteiger partial charge in [0.15, 0.2) is 0 Å². The van der Waals surface area contributed by atoms with Crippen LogP contribution >= 0.6 is 11.8 Å². The summed E-state index contributed by atoms with van der Waals surface area (Å²) in [5, 5.41) is 89.1. The van der Waals surface area contributed by atoms with Crippen molar-refractivity contribution in [3.63, 3.8) is 0 Å². The molecule has 0 aromatic heterocycles. The van der Waals surface area contributed by atoms with E-state index in [2.05, 4.69) is 61.7 Å². The number of aliphatic carboxylic acids is 4. The Morgan fingerprint density at radius 2 is 0.680 bits per heavy atom. The number of aliphatic hydroxyl groups excluding tert-OH is 2. The smallest absolute Gasteiger partial charge is 0.326 e. The van der Waals surface area contributed by atoms with Crippen LogP contribution < -0.4 is 104 Å². The number of carbonyl (C=O) groups is 22. The zero-order valence-corrected chi connectivity index (χ0v) is 87.5. The molecule has 0 heterocycles. The van der Waals surface area contributed by atoms with Gasteiger partial charge in [0.25, 0.3) is 0 Å². The number of carbonyl (C=O) groups excluding carboxylic acids is 18. The van der Waals surface area contributed by atoms with Crippen LogP contribution in [0.25, 0.3) is 0 Å². The number of carboxylic acids is 4. The number of aliphatic hydroxyl groups is 2.